The van der Waals surface area contributed by atoms with Gasteiger partial charge in [0.2, 0.25) is 0 Å². The Kier molecular flexibility index (Phi) is 2.11. The first-order valence-corrected chi connectivity index (χ1v) is 3.18. The maximum Gasteiger partial charge on any atom is 0.431 e. The smallest absolute Gasteiger partial charge is 0.409 e. The van der Waals surface area contributed by atoms with Gasteiger partial charge in [-0.1, -0.05) is 12.1 Å². The summed E-state index contributed by atoms with van der Waals surface area (Å²) in [4.78, 5) is 10.2. The summed E-state index contributed by atoms with van der Waals surface area (Å²) in [6, 6.07) is 7.00. The lowest BCUT2D eigenvalue weighted by Crippen LogP contribution is -2.05. The Hall–Kier alpha value is -1.51. The topological polar surface area (TPSA) is 50.1 Å². The van der Waals surface area contributed by atoms with Crippen LogP contribution in [0.15, 0.2) is 24.3 Å². The van der Waals surface area contributed by atoms with Crippen LogP contribution < -0.4 is 10.5 Å². The van der Waals surface area contributed by atoms with E-state index in [2.05, 4.69) is 4.74 Å². The summed E-state index contributed by atoms with van der Waals surface area (Å²) in [5, 5.41) is 0. The summed E-state index contributed by atoms with van der Waals surface area (Å²) in [5.74, 6) is 0.421. The molecule has 0 bridgehead atoms. The van der Waals surface area contributed by atoms with Crippen LogP contribution in [0.5, 0.6) is 5.75 Å². The van der Waals surface area contributed by atoms with Gasteiger partial charge in [-0.15, -0.1) is 0 Å². The van der Waals surface area contributed by atoms with Gasteiger partial charge in [-0.3, -0.25) is 0 Å². The van der Waals surface area contributed by atoms with Gasteiger partial charge in [-0.2, -0.15) is 0 Å². The molecular weight excluding hydrogens is 142 g/mol. The third kappa shape index (κ3) is 2.29. The number of carbonyl (C=O) groups is 1. The molecule has 0 unspecified atom stereocenters. The summed E-state index contributed by atoms with van der Waals surface area (Å²) in [6.07, 6.45) is -1.03. The molecule has 57 valence electrons. The largest absolute Gasteiger partial charge is 0.431 e. The van der Waals surface area contributed by atoms with Crippen LogP contribution in [-0.4, -0.2) is 6.09 Å². The summed E-state index contributed by atoms with van der Waals surface area (Å²) in [6.45, 7) is 1.89. The number of aryl methyl sites for hydroxylation is 1. The molecular formula is C8H8NO2. The molecule has 3 heteroatoms. The predicted octanol–water partition coefficient (Wildman–Crippen LogP) is 1.78. The molecule has 0 aromatic heterocycles. The summed E-state index contributed by atoms with van der Waals surface area (Å²) in [7, 11) is 0. The molecule has 1 aromatic carbocycles. The number of carbonyl (C=O) groups excluding carboxylic acids is 1. The van der Waals surface area contributed by atoms with E-state index in [0.29, 0.717) is 5.75 Å². The highest BCUT2D eigenvalue weighted by atomic mass is 16.5. The number of nitrogens with one attached hydrogen (secondary N) is 1. The highest BCUT2D eigenvalue weighted by Crippen LogP contribution is 2.11. The van der Waals surface area contributed by atoms with E-state index >= 15 is 0 Å². The highest BCUT2D eigenvalue weighted by molar-refractivity contribution is 5.67. The predicted molar refractivity (Wildman–Crippen MR) is 40.3 cm³/mol. The van der Waals surface area contributed by atoms with Crippen LogP contribution in [0.25, 0.3) is 0 Å². The summed E-state index contributed by atoms with van der Waals surface area (Å²) in [5.41, 5.74) is 7.53. The fourth-order valence-electron chi connectivity index (χ4n) is 0.786. The Morgan fingerprint density at radius 1 is 1.55 bits per heavy atom. The SMILES string of the molecule is Cc1cccc(OC([NH])=O)c1. The van der Waals surface area contributed by atoms with E-state index in [1.54, 1.807) is 18.2 Å². The third-order valence-electron chi connectivity index (χ3n) is 1.20. The van der Waals surface area contributed by atoms with Gasteiger partial charge in [0.1, 0.15) is 5.75 Å². The van der Waals surface area contributed by atoms with Crippen LogP contribution in [0.4, 0.5) is 4.79 Å². The molecule has 0 saturated heterocycles. The van der Waals surface area contributed by atoms with Crippen LogP contribution in [0.2, 0.25) is 0 Å². The first kappa shape index (κ1) is 7.60. The average Bonchev–Trinajstić information content (AvgIpc) is 1.85. The minimum Gasteiger partial charge on any atom is -0.409 e. The van der Waals surface area contributed by atoms with Crippen molar-refractivity contribution >= 4 is 6.09 Å². The van der Waals surface area contributed by atoms with E-state index in [0.717, 1.165) is 5.56 Å². The standard InChI is InChI=1S/C8H8NO2/c1-6-3-2-4-7(5-6)11-8(9)10/h2-5,9H,1H3. The molecule has 0 aliphatic carbocycles. The Morgan fingerprint density at radius 3 is 2.82 bits per heavy atom. The lowest BCUT2D eigenvalue weighted by atomic mass is 10.2. The van der Waals surface area contributed by atoms with E-state index in [9.17, 15) is 4.79 Å². The Labute approximate surface area is 64.8 Å². The molecule has 0 aliphatic rings. The van der Waals surface area contributed by atoms with Crippen molar-refractivity contribution in [3.8, 4) is 5.75 Å². The zero-order valence-electron chi connectivity index (χ0n) is 6.13. The molecule has 0 heterocycles. The number of ether oxygens (including phenoxy) is 1. The molecule has 0 aliphatic heterocycles. The highest BCUT2D eigenvalue weighted by Gasteiger charge is 1.97. The van der Waals surface area contributed by atoms with E-state index in [-0.39, 0.29) is 0 Å². The molecule has 11 heavy (non-hydrogen) atoms. The molecule has 3 nitrogen and oxygen atoms in total. The zero-order valence-corrected chi connectivity index (χ0v) is 6.13. The second-order valence-electron chi connectivity index (χ2n) is 2.21. The molecule has 1 rings (SSSR count). The van der Waals surface area contributed by atoms with Gasteiger partial charge in [0.25, 0.3) is 0 Å². The first-order chi connectivity index (χ1) is 5.18. The van der Waals surface area contributed by atoms with Crippen LogP contribution >= 0.6 is 0 Å². The van der Waals surface area contributed by atoms with Gasteiger partial charge in [-0.25, -0.2) is 10.5 Å². The molecule has 1 amide bonds. The van der Waals surface area contributed by atoms with Gasteiger partial charge in [0.15, 0.2) is 0 Å². The van der Waals surface area contributed by atoms with Gasteiger partial charge in [-0.05, 0) is 24.6 Å². The number of hydrogen-bond donors (Lipinski definition) is 0. The lowest BCUT2D eigenvalue weighted by Gasteiger charge is -1.99. The number of rotatable bonds is 1. The van der Waals surface area contributed by atoms with Gasteiger partial charge in [0.05, 0.1) is 0 Å². The van der Waals surface area contributed by atoms with Crippen molar-refractivity contribution in [1.82, 2.24) is 5.73 Å². The zero-order chi connectivity index (χ0) is 8.27. The van der Waals surface area contributed by atoms with Crippen molar-refractivity contribution in [2.24, 2.45) is 0 Å². The fourth-order valence-corrected chi connectivity index (χ4v) is 0.786. The molecule has 1 radical (unpaired) electrons. The van der Waals surface area contributed by atoms with E-state index < -0.39 is 6.09 Å². The monoisotopic (exact) mass is 150 g/mol. The Bertz CT molecular complexity index is 271. The van der Waals surface area contributed by atoms with E-state index in [4.69, 9.17) is 5.73 Å². The van der Waals surface area contributed by atoms with Crippen molar-refractivity contribution in [3.63, 3.8) is 0 Å². The maximum atomic E-state index is 10.2. The first-order valence-electron chi connectivity index (χ1n) is 3.18. The molecule has 1 N–H and O–H groups in total. The van der Waals surface area contributed by atoms with E-state index in [1.807, 2.05) is 13.0 Å². The van der Waals surface area contributed by atoms with Crippen molar-refractivity contribution < 1.29 is 9.53 Å². The summed E-state index contributed by atoms with van der Waals surface area (Å²) < 4.78 is 4.52. The molecule has 0 saturated carbocycles. The number of amides is 1. The molecule has 0 atom stereocenters. The summed E-state index contributed by atoms with van der Waals surface area (Å²) >= 11 is 0. The van der Waals surface area contributed by atoms with Crippen molar-refractivity contribution in [1.29, 1.82) is 0 Å². The van der Waals surface area contributed by atoms with Crippen molar-refractivity contribution in [3.05, 3.63) is 29.8 Å². The average molecular weight is 150 g/mol. The molecule has 1 aromatic rings. The minimum atomic E-state index is -1.03. The fraction of sp³-hybridized carbons (Fsp3) is 0.125. The third-order valence-corrected chi connectivity index (χ3v) is 1.20. The number of hydrogen-bond acceptors (Lipinski definition) is 2. The second-order valence-corrected chi connectivity index (χ2v) is 2.21. The maximum absolute atomic E-state index is 10.2. The van der Waals surface area contributed by atoms with Crippen molar-refractivity contribution in [2.75, 3.05) is 0 Å². The van der Waals surface area contributed by atoms with Crippen LogP contribution in [0.3, 0.4) is 0 Å². The number of benzene rings is 1. The van der Waals surface area contributed by atoms with Gasteiger partial charge >= 0.3 is 6.09 Å². The Balaban J connectivity index is 2.79. The van der Waals surface area contributed by atoms with Gasteiger partial charge in [0, 0.05) is 0 Å². The normalized spacial score (nSPS) is 9.18. The Morgan fingerprint density at radius 2 is 2.27 bits per heavy atom. The second kappa shape index (κ2) is 3.05. The van der Waals surface area contributed by atoms with Crippen LogP contribution in [0, 0.1) is 6.92 Å². The van der Waals surface area contributed by atoms with Crippen LogP contribution in [0.1, 0.15) is 5.56 Å². The van der Waals surface area contributed by atoms with E-state index in [1.165, 1.54) is 0 Å². The quantitative estimate of drug-likeness (QED) is 0.612. The molecule has 0 spiro atoms. The van der Waals surface area contributed by atoms with Crippen molar-refractivity contribution in [2.45, 2.75) is 6.92 Å². The lowest BCUT2D eigenvalue weighted by molar-refractivity contribution is 0.209. The van der Waals surface area contributed by atoms with Gasteiger partial charge < -0.3 is 4.74 Å². The molecule has 0 fully saturated rings. The minimum absolute atomic E-state index is 0.421. The van der Waals surface area contributed by atoms with Crippen LogP contribution in [-0.2, 0) is 0 Å².